The van der Waals surface area contributed by atoms with E-state index in [1.807, 2.05) is 19.1 Å². The van der Waals surface area contributed by atoms with Crippen molar-refractivity contribution in [1.82, 2.24) is 5.32 Å². The van der Waals surface area contributed by atoms with Gasteiger partial charge in [0.2, 0.25) is 0 Å². The maximum atomic E-state index is 5.96. The normalized spacial score (nSPS) is 12.8. The molecule has 0 aliphatic heterocycles. The summed E-state index contributed by atoms with van der Waals surface area (Å²) >= 11 is 11.8. The van der Waals surface area contributed by atoms with Crippen molar-refractivity contribution in [2.75, 3.05) is 5.88 Å². The van der Waals surface area contributed by atoms with Crippen LogP contribution in [0.1, 0.15) is 24.5 Å². The molecule has 0 radical (unpaired) electrons. The Hall–Kier alpha value is -0.240. The van der Waals surface area contributed by atoms with Crippen LogP contribution in [0.2, 0.25) is 5.02 Å². The number of rotatable bonds is 5. The summed E-state index contributed by atoms with van der Waals surface area (Å²) in [4.78, 5) is 0. The third-order valence-corrected chi connectivity index (χ3v) is 3.29. The SMILES string of the molecule is CCC(CCl)NCc1ccc(Cl)c(C)c1. The Balaban J connectivity index is 2.54. The van der Waals surface area contributed by atoms with Crippen LogP contribution in [-0.4, -0.2) is 11.9 Å². The fraction of sp³-hybridized carbons (Fsp3) is 0.500. The van der Waals surface area contributed by atoms with Crippen molar-refractivity contribution < 1.29 is 0 Å². The predicted octanol–water partition coefficient (Wildman–Crippen LogP) is 3.76. The topological polar surface area (TPSA) is 12.0 Å². The highest BCUT2D eigenvalue weighted by molar-refractivity contribution is 6.31. The highest BCUT2D eigenvalue weighted by Gasteiger charge is 2.03. The van der Waals surface area contributed by atoms with Crippen molar-refractivity contribution in [3.05, 3.63) is 34.3 Å². The van der Waals surface area contributed by atoms with Gasteiger partial charge in [0.15, 0.2) is 0 Å². The predicted molar refractivity (Wildman–Crippen MR) is 67.8 cm³/mol. The molecular formula is C12H17Cl2N. The molecule has 1 unspecified atom stereocenters. The average molecular weight is 246 g/mol. The zero-order chi connectivity index (χ0) is 11.3. The number of aryl methyl sites for hydroxylation is 1. The van der Waals surface area contributed by atoms with E-state index < -0.39 is 0 Å². The van der Waals surface area contributed by atoms with E-state index in [1.165, 1.54) is 5.56 Å². The van der Waals surface area contributed by atoms with Gasteiger partial charge in [-0.25, -0.2) is 0 Å². The van der Waals surface area contributed by atoms with E-state index in [0.29, 0.717) is 11.9 Å². The van der Waals surface area contributed by atoms with Crippen molar-refractivity contribution in [1.29, 1.82) is 0 Å². The van der Waals surface area contributed by atoms with Gasteiger partial charge in [0, 0.05) is 23.5 Å². The zero-order valence-corrected chi connectivity index (χ0v) is 10.7. The van der Waals surface area contributed by atoms with Gasteiger partial charge in [0.1, 0.15) is 0 Å². The molecule has 84 valence electrons. The molecule has 0 heterocycles. The molecule has 0 fully saturated rings. The molecule has 1 aromatic rings. The van der Waals surface area contributed by atoms with Crippen LogP contribution in [0.3, 0.4) is 0 Å². The van der Waals surface area contributed by atoms with Gasteiger partial charge < -0.3 is 5.32 Å². The van der Waals surface area contributed by atoms with Crippen LogP contribution in [0.5, 0.6) is 0 Å². The lowest BCUT2D eigenvalue weighted by molar-refractivity contribution is 0.538. The van der Waals surface area contributed by atoms with Gasteiger partial charge in [-0.05, 0) is 30.5 Å². The van der Waals surface area contributed by atoms with Gasteiger partial charge >= 0.3 is 0 Å². The van der Waals surface area contributed by atoms with Gasteiger partial charge in [0.05, 0.1) is 0 Å². The molecule has 1 rings (SSSR count). The van der Waals surface area contributed by atoms with E-state index in [1.54, 1.807) is 0 Å². The van der Waals surface area contributed by atoms with E-state index >= 15 is 0 Å². The summed E-state index contributed by atoms with van der Waals surface area (Å²) in [6, 6.07) is 6.48. The van der Waals surface area contributed by atoms with Crippen LogP contribution in [0.25, 0.3) is 0 Å². The van der Waals surface area contributed by atoms with E-state index in [2.05, 4.69) is 18.3 Å². The fourth-order valence-electron chi connectivity index (χ4n) is 1.39. The first-order valence-corrected chi connectivity index (χ1v) is 6.13. The number of nitrogens with one attached hydrogen (secondary N) is 1. The minimum absolute atomic E-state index is 0.391. The van der Waals surface area contributed by atoms with Gasteiger partial charge in [0.25, 0.3) is 0 Å². The molecule has 0 aromatic heterocycles. The molecule has 1 aromatic carbocycles. The molecule has 15 heavy (non-hydrogen) atoms. The zero-order valence-electron chi connectivity index (χ0n) is 9.19. The first-order chi connectivity index (χ1) is 7.17. The maximum absolute atomic E-state index is 5.96. The highest BCUT2D eigenvalue weighted by Crippen LogP contribution is 2.16. The summed E-state index contributed by atoms with van der Waals surface area (Å²) in [5, 5.41) is 4.23. The van der Waals surface area contributed by atoms with Crippen LogP contribution in [0, 0.1) is 6.92 Å². The molecule has 1 atom stereocenters. The standard InChI is InChI=1S/C12H17Cl2N/c1-3-11(7-13)15-8-10-4-5-12(14)9(2)6-10/h4-6,11,15H,3,7-8H2,1-2H3. The first kappa shape index (κ1) is 12.8. The summed E-state index contributed by atoms with van der Waals surface area (Å²) in [6.07, 6.45) is 1.05. The number of benzene rings is 1. The van der Waals surface area contributed by atoms with Crippen molar-refractivity contribution in [3.63, 3.8) is 0 Å². The number of alkyl halides is 1. The smallest absolute Gasteiger partial charge is 0.0435 e. The monoisotopic (exact) mass is 245 g/mol. The molecule has 0 saturated carbocycles. The summed E-state index contributed by atoms with van der Waals surface area (Å²) in [6.45, 7) is 5.00. The summed E-state index contributed by atoms with van der Waals surface area (Å²) in [5.41, 5.74) is 2.37. The Morgan fingerprint density at radius 1 is 1.40 bits per heavy atom. The molecule has 0 saturated heterocycles. The minimum Gasteiger partial charge on any atom is -0.309 e. The Kier molecular flexibility index (Phi) is 5.44. The summed E-state index contributed by atoms with van der Waals surface area (Å²) in [5.74, 6) is 0.656. The second-order valence-electron chi connectivity index (χ2n) is 3.72. The number of hydrogen-bond acceptors (Lipinski definition) is 1. The van der Waals surface area contributed by atoms with Crippen LogP contribution in [0.15, 0.2) is 18.2 Å². The molecular weight excluding hydrogens is 229 g/mol. The largest absolute Gasteiger partial charge is 0.309 e. The fourth-order valence-corrected chi connectivity index (χ4v) is 1.83. The van der Waals surface area contributed by atoms with Crippen LogP contribution >= 0.6 is 23.2 Å². The quantitative estimate of drug-likeness (QED) is 0.780. The van der Waals surface area contributed by atoms with Crippen molar-refractivity contribution in [2.45, 2.75) is 32.9 Å². The third-order valence-electron chi connectivity index (χ3n) is 2.50. The molecule has 1 nitrogen and oxygen atoms in total. The van der Waals surface area contributed by atoms with E-state index in [4.69, 9.17) is 23.2 Å². The third kappa shape index (κ3) is 4.02. The summed E-state index contributed by atoms with van der Waals surface area (Å²) in [7, 11) is 0. The van der Waals surface area contributed by atoms with E-state index in [0.717, 1.165) is 23.6 Å². The molecule has 3 heteroatoms. The molecule has 0 amide bonds. The van der Waals surface area contributed by atoms with Crippen molar-refractivity contribution >= 4 is 23.2 Å². The Morgan fingerprint density at radius 3 is 2.67 bits per heavy atom. The Bertz CT molecular complexity index is 308. The van der Waals surface area contributed by atoms with Gasteiger partial charge in [-0.3, -0.25) is 0 Å². The minimum atomic E-state index is 0.391. The van der Waals surface area contributed by atoms with Gasteiger partial charge in [-0.15, -0.1) is 11.6 Å². The molecule has 0 spiro atoms. The van der Waals surface area contributed by atoms with Crippen LogP contribution < -0.4 is 5.32 Å². The number of hydrogen-bond donors (Lipinski definition) is 1. The Labute approximate surface area is 102 Å². The lowest BCUT2D eigenvalue weighted by atomic mass is 10.1. The van der Waals surface area contributed by atoms with E-state index in [-0.39, 0.29) is 0 Å². The van der Waals surface area contributed by atoms with Crippen LogP contribution in [-0.2, 0) is 6.54 Å². The molecule has 1 N–H and O–H groups in total. The number of halogens is 2. The molecule has 0 bridgehead atoms. The van der Waals surface area contributed by atoms with Crippen molar-refractivity contribution in [3.8, 4) is 0 Å². The highest BCUT2D eigenvalue weighted by atomic mass is 35.5. The average Bonchev–Trinajstić information content (AvgIpc) is 2.24. The molecule has 0 aliphatic rings. The van der Waals surface area contributed by atoms with Crippen molar-refractivity contribution in [2.24, 2.45) is 0 Å². The maximum Gasteiger partial charge on any atom is 0.0435 e. The second-order valence-corrected chi connectivity index (χ2v) is 4.44. The van der Waals surface area contributed by atoms with E-state index in [9.17, 15) is 0 Å². The first-order valence-electron chi connectivity index (χ1n) is 5.21. The van der Waals surface area contributed by atoms with Crippen LogP contribution in [0.4, 0.5) is 0 Å². The second kappa shape index (κ2) is 6.37. The van der Waals surface area contributed by atoms with Gasteiger partial charge in [-0.1, -0.05) is 30.7 Å². The molecule has 0 aliphatic carbocycles. The Morgan fingerprint density at radius 2 is 2.13 bits per heavy atom. The summed E-state index contributed by atoms with van der Waals surface area (Å²) < 4.78 is 0. The lowest BCUT2D eigenvalue weighted by Gasteiger charge is -2.14. The lowest BCUT2D eigenvalue weighted by Crippen LogP contribution is -2.29. The van der Waals surface area contributed by atoms with Gasteiger partial charge in [-0.2, -0.15) is 0 Å².